The standard InChI is InChI=1S/C24H25ClN2O3.C24H24ClNO3/c1-30-24(29)20-8-2-5-17(13-20)18-6-4-10-22(15-18)27-12-11-26-16-23(28)19-7-3-9-21(25)14-19;25-22-11-3-9-20(15-22)23(27)16-26-12-4-6-17-5-1-7-18(13-17)19-8-2-10-21(14-19)24(28)29/h2-10,13-15,23,26-28H,11-12,16H2,1H3;1-3,5,7-11,13-15,23,26-27H,4,6,12,16H2,(H,28,29)/t2*23-/m00/s1. The second-order valence-electron chi connectivity index (χ2n) is 13.8. The molecule has 59 heavy (non-hydrogen) atoms. The lowest BCUT2D eigenvalue weighted by molar-refractivity contribution is 0.0599. The van der Waals surface area contributed by atoms with Crippen molar-refractivity contribution >= 4 is 40.8 Å². The Bertz CT molecular complexity index is 2290. The lowest BCUT2D eigenvalue weighted by Gasteiger charge is -2.13. The van der Waals surface area contributed by atoms with Crippen LogP contribution in [0.5, 0.6) is 0 Å². The Hall–Kier alpha value is -5.52. The van der Waals surface area contributed by atoms with Crippen LogP contribution in [0.1, 0.15) is 56.0 Å². The fraction of sp³-hybridized carbons (Fsp3) is 0.208. The Labute approximate surface area is 355 Å². The minimum absolute atomic E-state index is 0.287. The number of methoxy groups -OCH3 is 1. The molecule has 6 aromatic rings. The molecule has 6 N–H and O–H groups in total. The number of ether oxygens (including phenoxy) is 1. The maximum atomic E-state index is 11.8. The molecule has 9 nitrogen and oxygen atoms in total. The van der Waals surface area contributed by atoms with Crippen LogP contribution >= 0.6 is 23.2 Å². The van der Waals surface area contributed by atoms with Crippen molar-refractivity contribution < 1.29 is 29.6 Å². The van der Waals surface area contributed by atoms with Gasteiger partial charge in [-0.05, 0) is 119 Å². The third kappa shape index (κ3) is 14.4. The molecule has 0 radical (unpaired) electrons. The van der Waals surface area contributed by atoms with Crippen LogP contribution in [0.25, 0.3) is 22.3 Å². The highest BCUT2D eigenvalue weighted by atomic mass is 35.5. The average Bonchev–Trinajstić information content (AvgIpc) is 3.26. The first kappa shape index (κ1) is 44.6. The van der Waals surface area contributed by atoms with Crippen LogP contribution in [0.2, 0.25) is 10.0 Å². The van der Waals surface area contributed by atoms with Crippen LogP contribution in [0, 0.1) is 0 Å². The van der Waals surface area contributed by atoms with E-state index in [0.29, 0.717) is 41.8 Å². The van der Waals surface area contributed by atoms with Gasteiger partial charge in [0.1, 0.15) is 0 Å². The van der Waals surface area contributed by atoms with E-state index >= 15 is 0 Å². The first-order valence-electron chi connectivity index (χ1n) is 19.3. The van der Waals surface area contributed by atoms with E-state index in [1.807, 2.05) is 84.9 Å². The quantitative estimate of drug-likeness (QED) is 0.0369. The van der Waals surface area contributed by atoms with Crippen molar-refractivity contribution in [3.8, 4) is 22.3 Å². The number of rotatable bonds is 18. The monoisotopic (exact) mass is 833 g/mol. The molecule has 0 aliphatic rings. The van der Waals surface area contributed by atoms with Gasteiger partial charge in [0.15, 0.2) is 0 Å². The van der Waals surface area contributed by atoms with Crippen molar-refractivity contribution in [3.05, 3.63) is 183 Å². The van der Waals surface area contributed by atoms with E-state index < -0.39 is 18.2 Å². The maximum absolute atomic E-state index is 11.8. The van der Waals surface area contributed by atoms with E-state index in [1.54, 1.807) is 48.5 Å². The van der Waals surface area contributed by atoms with E-state index in [9.17, 15) is 24.9 Å². The summed E-state index contributed by atoms with van der Waals surface area (Å²) in [6, 6.07) is 45.0. The van der Waals surface area contributed by atoms with Gasteiger partial charge in [0.2, 0.25) is 0 Å². The van der Waals surface area contributed by atoms with Gasteiger partial charge in [-0.25, -0.2) is 9.59 Å². The number of carbonyl (C=O) groups is 2. The minimum Gasteiger partial charge on any atom is -0.478 e. The molecule has 6 aromatic carbocycles. The normalized spacial score (nSPS) is 11.8. The molecule has 0 saturated heterocycles. The molecule has 0 bridgehead atoms. The number of halogens is 2. The molecule has 0 fully saturated rings. The molecule has 2 atom stereocenters. The smallest absolute Gasteiger partial charge is 0.337 e. The van der Waals surface area contributed by atoms with E-state index in [-0.39, 0.29) is 11.5 Å². The molecule has 0 spiro atoms. The van der Waals surface area contributed by atoms with Crippen molar-refractivity contribution in [1.29, 1.82) is 0 Å². The number of aliphatic hydroxyl groups excluding tert-OH is 2. The van der Waals surface area contributed by atoms with E-state index in [4.69, 9.17) is 27.9 Å². The van der Waals surface area contributed by atoms with Gasteiger partial charge in [0, 0.05) is 41.9 Å². The van der Waals surface area contributed by atoms with Gasteiger partial charge in [0.05, 0.1) is 30.4 Å². The van der Waals surface area contributed by atoms with Crippen molar-refractivity contribution in [3.63, 3.8) is 0 Å². The van der Waals surface area contributed by atoms with Crippen LogP contribution < -0.4 is 16.0 Å². The summed E-state index contributed by atoms with van der Waals surface area (Å²) in [6.07, 6.45) is 0.640. The van der Waals surface area contributed by atoms with Gasteiger partial charge in [-0.2, -0.15) is 0 Å². The Morgan fingerprint density at radius 1 is 0.593 bits per heavy atom. The fourth-order valence-corrected chi connectivity index (χ4v) is 6.74. The Morgan fingerprint density at radius 2 is 1.10 bits per heavy atom. The SMILES string of the molecule is COC(=O)c1cccc(-c2cccc(NCCNC[C@H](O)c3cccc(Cl)c3)c2)c1.O=C(O)c1cccc(-c2cccc(CCCNC[C@H](O)c3cccc(Cl)c3)c2)c1. The van der Waals surface area contributed by atoms with Crippen molar-refractivity contribution in [2.45, 2.75) is 25.0 Å². The number of nitrogens with one attached hydrogen (secondary N) is 3. The fourth-order valence-electron chi connectivity index (χ4n) is 6.34. The highest BCUT2D eigenvalue weighted by Crippen LogP contribution is 2.25. The summed E-state index contributed by atoms with van der Waals surface area (Å²) in [5.74, 6) is -1.27. The Balaban J connectivity index is 0.000000224. The first-order chi connectivity index (χ1) is 28.6. The molecule has 0 aliphatic carbocycles. The number of hydrogen-bond acceptors (Lipinski definition) is 8. The number of carbonyl (C=O) groups excluding carboxylic acids is 1. The largest absolute Gasteiger partial charge is 0.478 e. The van der Waals surface area contributed by atoms with Gasteiger partial charge in [-0.15, -0.1) is 0 Å². The summed E-state index contributed by atoms with van der Waals surface area (Å²) in [7, 11) is 1.38. The molecule has 0 unspecified atom stereocenters. The number of carboxylic acids is 1. The Kier molecular flexibility index (Phi) is 17.5. The van der Waals surface area contributed by atoms with E-state index in [0.717, 1.165) is 58.5 Å². The number of benzene rings is 6. The summed E-state index contributed by atoms with van der Waals surface area (Å²) >= 11 is 11.9. The van der Waals surface area contributed by atoms with Gasteiger partial charge < -0.3 is 36.0 Å². The summed E-state index contributed by atoms with van der Waals surface area (Å²) in [4.78, 5) is 22.9. The summed E-state index contributed by atoms with van der Waals surface area (Å²) in [5, 5.41) is 40.7. The summed E-state index contributed by atoms with van der Waals surface area (Å²) in [6.45, 7) is 3.11. The molecule has 0 amide bonds. The number of aromatic carboxylic acids is 1. The molecule has 11 heteroatoms. The second-order valence-corrected chi connectivity index (χ2v) is 14.7. The lowest BCUT2D eigenvalue weighted by atomic mass is 9.99. The molecular weight excluding hydrogens is 785 g/mol. The first-order valence-corrected chi connectivity index (χ1v) is 20.1. The number of carboxylic acid groups (broad SMARTS) is 1. The summed E-state index contributed by atoms with van der Waals surface area (Å²) in [5.41, 5.74) is 8.45. The Morgan fingerprint density at radius 3 is 1.69 bits per heavy atom. The predicted molar refractivity (Wildman–Crippen MR) is 237 cm³/mol. The zero-order valence-corrected chi connectivity index (χ0v) is 34.3. The third-order valence-corrected chi connectivity index (χ3v) is 9.91. The number of esters is 1. The molecule has 6 rings (SSSR count). The molecule has 0 aliphatic heterocycles. The van der Waals surface area contributed by atoms with Gasteiger partial charge in [-0.1, -0.05) is 108 Å². The van der Waals surface area contributed by atoms with Crippen LogP contribution in [0.3, 0.4) is 0 Å². The number of aryl methyl sites for hydroxylation is 1. The molecule has 0 aromatic heterocycles. The zero-order chi connectivity index (χ0) is 42.0. The topological polar surface area (TPSA) is 140 Å². The van der Waals surface area contributed by atoms with Crippen LogP contribution in [0.4, 0.5) is 5.69 Å². The lowest BCUT2D eigenvalue weighted by Crippen LogP contribution is -2.26. The third-order valence-electron chi connectivity index (χ3n) is 9.44. The zero-order valence-electron chi connectivity index (χ0n) is 32.8. The van der Waals surface area contributed by atoms with Crippen molar-refractivity contribution in [2.24, 2.45) is 0 Å². The van der Waals surface area contributed by atoms with Crippen LogP contribution in [-0.2, 0) is 11.2 Å². The van der Waals surface area contributed by atoms with Gasteiger partial charge >= 0.3 is 11.9 Å². The maximum Gasteiger partial charge on any atom is 0.337 e. The van der Waals surface area contributed by atoms with E-state index in [2.05, 4.69) is 28.1 Å². The van der Waals surface area contributed by atoms with Crippen LogP contribution in [0.15, 0.2) is 146 Å². The number of aliphatic hydroxyl groups is 2. The van der Waals surface area contributed by atoms with Crippen molar-refractivity contribution in [1.82, 2.24) is 10.6 Å². The highest BCUT2D eigenvalue weighted by Gasteiger charge is 2.10. The minimum atomic E-state index is -0.922. The summed E-state index contributed by atoms with van der Waals surface area (Å²) < 4.78 is 4.80. The molecule has 306 valence electrons. The molecular formula is C48H49Cl2N3O6. The average molecular weight is 835 g/mol. The molecule has 0 heterocycles. The molecule has 0 saturated carbocycles. The second kappa shape index (κ2) is 23.2. The van der Waals surface area contributed by atoms with Gasteiger partial charge in [0.25, 0.3) is 0 Å². The van der Waals surface area contributed by atoms with Crippen LogP contribution in [-0.4, -0.2) is 67.1 Å². The van der Waals surface area contributed by atoms with Gasteiger partial charge in [-0.3, -0.25) is 0 Å². The van der Waals surface area contributed by atoms with E-state index in [1.165, 1.54) is 12.7 Å². The predicted octanol–water partition coefficient (Wildman–Crippen LogP) is 9.49. The number of anilines is 1. The van der Waals surface area contributed by atoms with Crippen molar-refractivity contribution in [2.75, 3.05) is 45.2 Å². The highest BCUT2D eigenvalue weighted by molar-refractivity contribution is 6.30. The number of hydrogen-bond donors (Lipinski definition) is 6.